The molecule has 2 fully saturated rings. The summed E-state index contributed by atoms with van der Waals surface area (Å²) in [6.45, 7) is 2.02. The van der Waals surface area contributed by atoms with E-state index in [4.69, 9.17) is 18.9 Å². The highest BCUT2D eigenvalue weighted by Gasteiger charge is 2.52. The lowest BCUT2D eigenvalue weighted by Gasteiger charge is -2.27. The van der Waals surface area contributed by atoms with Crippen LogP contribution in [0, 0.1) is 13.8 Å². The highest BCUT2D eigenvalue weighted by atomic mass is 16.8. The van der Waals surface area contributed by atoms with Crippen LogP contribution in [0.2, 0.25) is 0 Å². The number of nitrogens with one attached hydrogen (secondary N) is 2. The highest BCUT2D eigenvalue weighted by molar-refractivity contribution is 5.60. The summed E-state index contributed by atoms with van der Waals surface area (Å²) in [5.74, 6) is -2.52. The van der Waals surface area contributed by atoms with Crippen LogP contribution in [0.1, 0.15) is 36.4 Å². The van der Waals surface area contributed by atoms with Crippen molar-refractivity contribution >= 4 is 6.16 Å². The van der Waals surface area contributed by atoms with Gasteiger partial charge in [0.2, 0.25) is 12.1 Å². The van der Waals surface area contributed by atoms with Crippen LogP contribution in [0.25, 0.3) is 0 Å². The second kappa shape index (κ2) is 10.3. The Kier molecular flexibility index (Phi) is 7.42. The van der Waals surface area contributed by atoms with E-state index in [0.29, 0.717) is 0 Å². The van der Waals surface area contributed by atoms with Crippen LogP contribution in [0.15, 0.2) is 31.6 Å². The van der Waals surface area contributed by atoms with E-state index in [1.807, 2.05) is 0 Å². The minimum absolute atomic E-state index is 0.153. The van der Waals surface area contributed by atoms with Crippen molar-refractivity contribution in [3.05, 3.63) is 65.2 Å². The first kappa shape index (κ1) is 27.4. The van der Waals surface area contributed by atoms with Crippen LogP contribution in [0.3, 0.4) is 0 Å². The van der Waals surface area contributed by atoms with Crippen LogP contribution in [-0.4, -0.2) is 82.7 Å². The minimum atomic E-state index is -2.52. The van der Waals surface area contributed by atoms with Crippen molar-refractivity contribution in [3.8, 4) is 0 Å². The SMILES string of the molecule is Cc1cn([C@H]2C[C@H](O)[C@@H](C(O)OC(=O)O[C@]3(O)C[C@H](n4cc(C)c(=O)[nH]c4=O)O[C@@H]3CO)O2)c(=O)[nH]c1=O. The van der Waals surface area contributed by atoms with Gasteiger partial charge in [0.05, 0.1) is 19.1 Å². The zero-order valence-electron chi connectivity index (χ0n) is 20.1. The Morgan fingerprint density at radius 1 is 1.08 bits per heavy atom. The van der Waals surface area contributed by atoms with E-state index in [1.54, 1.807) is 0 Å². The highest BCUT2D eigenvalue weighted by Crippen LogP contribution is 2.37. The van der Waals surface area contributed by atoms with Crippen molar-refractivity contribution < 1.29 is 44.2 Å². The van der Waals surface area contributed by atoms with Crippen LogP contribution >= 0.6 is 0 Å². The molecule has 2 saturated heterocycles. The molecule has 1 unspecified atom stereocenters. The molecule has 17 heteroatoms. The molecule has 0 bridgehead atoms. The van der Waals surface area contributed by atoms with E-state index in [-0.39, 0.29) is 17.5 Å². The van der Waals surface area contributed by atoms with Gasteiger partial charge in [-0.2, -0.15) is 0 Å². The van der Waals surface area contributed by atoms with E-state index in [1.165, 1.54) is 26.2 Å². The monoisotopic (exact) mass is 542 g/mol. The molecule has 0 spiro atoms. The normalized spacial score (nSPS) is 29.8. The van der Waals surface area contributed by atoms with E-state index in [9.17, 15) is 44.4 Å². The number of hydrogen-bond acceptors (Lipinski definition) is 13. The lowest BCUT2D eigenvalue weighted by molar-refractivity contribution is -0.234. The molecule has 0 saturated carbocycles. The Balaban J connectivity index is 1.43. The lowest BCUT2D eigenvalue weighted by Crippen LogP contribution is -2.46. The summed E-state index contributed by atoms with van der Waals surface area (Å²) in [4.78, 5) is 64.0. The maximum Gasteiger partial charge on any atom is 0.513 e. The number of rotatable bonds is 6. The summed E-state index contributed by atoms with van der Waals surface area (Å²) < 4.78 is 22.5. The number of carbonyl (C=O) groups is 1. The third kappa shape index (κ3) is 5.19. The quantitative estimate of drug-likeness (QED) is 0.156. The van der Waals surface area contributed by atoms with Gasteiger partial charge in [-0.1, -0.05) is 0 Å². The molecule has 17 nitrogen and oxygen atoms in total. The first-order valence-electron chi connectivity index (χ1n) is 11.4. The van der Waals surface area contributed by atoms with E-state index < -0.39 is 84.5 Å². The second-order valence-corrected chi connectivity index (χ2v) is 8.99. The smallest absolute Gasteiger partial charge is 0.401 e. The molecule has 38 heavy (non-hydrogen) atoms. The minimum Gasteiger partial charge on any atom is -0.401 e. The van der Waals surface area contributed by atoms with Gasteiger partial charge in [0.15, 0.2) is 0 Å². The third-order valence-corrected chi connectivity index (χ3v) is 6.26. The van der Waals surface area contributed by atoms with Crippen molar-refractivity contribution in [1.29, 1.82) is 0 Å². The predicted molar refractivity (Wildman–Crippen MR) is 121 cm³/mol. The number of hydrogen-bond donors (Lipinski definition) is 6. The second-order valence-electron chi connectivity index (χ2n) is 8.99. The maximum absolute atomic E-state index is 12.4. The van der Waals surface area contributed by atoms with Crippen molar-refractivity contribution in [2.75, 3.05) is 6.61 Å². The standard InChI is InChI=1S/C21H26N4O13/c1-8-5-24(18(31)22-15(8)28)12-3-10(27)14(36-12)17(30)37-20(33)38-21(34)4-13(35-11(21)7-26)25-6-9(2)16(29)23-19(25)32/h5-6,10-14,17,26-27,30,34H,3-4,7H2,1-2H3,(H,22,28,31)(H,23,29,32)/t10-,11+,12+,13+,14-,17?,21+/m0/s1. The van der Waals surface area contributed by atoms with Gasteiger partial charge in [-0.05, 0) is 13.8 Å². The molecule has 2 aromatic heterocycles. The number of aryl methyl sites for hydroxylation is 2. The van der Waals surface area contributed by atoms with Gasteiger partial charge >= 0.3 is 17.5 Å². The van der Waals surface area contributed by atoms with Crippen LogP contribution in [0.5, 0.6) is 0 Å². The molecule has 4 rings (SSSR count). The lowest BCUT2D eigenvalue weighted by atomic mass is 10.1. The first-order chi connectivity index (χ1) is 17.8. The summed E-state index contributed by atoms with van der Waals surface area (Å²) in [5.41, 5.74) is -2.59. The van der Waals surface area contributed by atoms with Gasteiger partial charge in [-0.15, -0.1) is 0 Å². The first-order valence-corrected chi connectivity index (χ1v) is 11.4. The maximum atomic E-state index is 12.4. The molecule has 0 amide bonds. The average molecular weight is 542 g/mol. The molecular weight excluding hydrogens is 516 g/mol. The molecule has 0 aliphatic carbocycles. The molecule has 7 atom stereocenters. The number of ether oxygens (including phenoxy) is 4. The third-order valence-electron chi connectivity index (χ3n) is 6.26. The summed E-state index contributed by atoms with van der Waals surface area (Å²) >= 11 is 0. The Morgan fingerprint density at radius 2 is 1.63 bits per heavy atom. The van der Waals surface area contributed by atoms with Crippen molar-refractivity contribution in [1.82, 2.24) is 19.1 Å². The fourth-order valence-electron chi connectivity index (χ4n) is 4.22. The number of aromatic nitrogens is 4. The molecule has 2 aromatic rings. The van der Waals surface area contributed by atoms with Crippen molar-refractivity contribution in [3.63, 3.8) is 0 Å². The molecular formula is C21H26N4O13. The van der Waals surface area contributed by atoms with Crippen molar-refractivity contribution in [2.24, 2.45) is 0 Å². The van der Waals surface area contributed by atoms with Gasteiger partial charge in [0, 0.05) is 29.9 Å². The summed E-state index contributed by atoms with van der Waals surface area (Å²) in [7, 11) is 0. The zero-order valence-corrected chi connectivity index (χ0v) is 20.1. The molecule has 208 valence electrons. The van der Waals surface area contributed by atoms with Gasteiger partial charge in [0.1, 0.15) is 24.7 Å². The predicted octanol–water partition coefficient (Wildman–Crippen LogP) is -3.21. The Hall–Kier alpha value is -3.61. The molecule has 2 aliphatic rings. The van der Waals surface area contributed by atoms with Gasteiger partial charge in [-0.25, -0.2) is 14.4 Å². The van der Waals surface area contributed by atoms with Gasteiger partial charge in [-0.3, -0.25) is 28.7 Å². The molecule has 4 heterocycles. The van der Waals surface area contributed by atoms with Gasteiger partial charge < -0.3 is 39.4 Å². The summed E-state index contributed by atoms with van der Waals surface area (Å²) in [6, 6.07) is 0. The van der Waals surface area contributed by atoms with E-state index in [2.05, 4.69) is 9.97 Å². The molecule has 0 radical (unpaired) electrons. The number of aromatic amines is 2. The summed E-state index contributed by atoms with van der Waals surface area (Å²) in [5, 5.41) is 41.1. The topological polar surface area (TPSA) is 245 Å². The fourth-order valence-corrected chi connectivity index (χ4v) is 4.22. The Labute approximate surface area is 211 Å². The molecule has 6 N–H and O–H groups in total. The largest absolute Gasteiger partial charge is 0.513 e. The number of aliphatic hydroxyl groups excluding tert-OH is 3. The number of carbonyl (C=O) groups excluding carboxylic acids is 1. The number of aliphatic hydroxyl groups is 4. The van der Waals surface area contributed by atoms with Crippen LogP contribution in [0.4, 0.5) is 4.79 Å². The summed E-state index contributed by atoms with van der Waals surface area (Å²) in [6.07, 6.45) is -9.00. The molecule has 0 aromatic carbocycles. The molecule has 2 aliphatic heterocycles. The van der Waals surface area contributed by atoms with Crippen molar-refractivity contribution in [2.45, 2.75) is 69.5 Å². The van der Waals surface area contributed by atoms with Crippen LogP contribution < -0.4 is 22.5 Å². The van der Waals surface area contributed by atoms with E-state index in [0.717, 1.165) is 9.13 Å². The average Bonchev–Trinajstić information content (AvgIpc) is 3.37. The number of nitrogens with zero attached hydrogens (tertiary/aromatic N) is 2. The van der Waals surface area contributed by atoms with Crippen LogP contribution in [-0.2, 0) is 18.9 Å². The van der Waals surface area contributed by atoms with Gasteiger partial charge in [0.25, 0.3) is 11.1 Å². The van der Waals surface area contributed by atoms with E-state index >= 15 is 0 Å². The zero-order chi connectivity index (χ0) is 27.9. The fraction of sp³-hybridized carbons (Fsp3) is 0.571. The Morgan fingerprint density at radius 3 is 2.18 bits per heavy atom. The Bertz CT molecular complexity index is 1440. The number of H-pyrrole nitrogens is 2.